The molecule has 0 atom stereocenters. The molecule has 0 fully saturated rings. The predicted octanol–water partition coefficient (Wildman–Crippen LogP) is 3.90. The van der Waals surface area contributed by atoms with Crippen molar-refractivity contribution in [3.63, 3.8) is 0 Å². The lowest BCUT2D eigenvalue weighted by atomic mass is 10.1. The third kappa shape index (κ3) is 2.36. The number of hydrogen-bond donors (Lipinski definition) is 0. The molecule has 0 saturated carbocycles. The summed E-state index contributed by atoms with van der Waals surface area (Å²) in [7, 11) is 0. The summed E-state index contributed by atoms with van der Waals surface area (Å²) in [4.78, 5) is 5.52. The van der Waals surface area contributed by atoms with Gasteiger partial charge in [0.05, 0.1) is 5.56 Å². The van der Waals surface area contributed by atoms with Crippen LogP contribution >= 0.6 is 11.8 Å². The van der Waals surface area contributed by atoms with E-state index >= 15 is 0 Å². The number of aryl methyl sites for hydroxylation is 3. The van der Waals surface area contributed by atoms with Gasteiger partial charge in [0.15, 0.2) is 0 Å². The van der Waals surface area contributed by atoms with Crippen LogP contribution in [0.15, 0.2) is 40.4 Å². The molecule has 0 amide bonds. The van der Waals surface area contributed by atoms with Crippen LogP contribution in [0, 0.1) is 18.3 Å². The Kier molecular flexibility index (Phi) is 3.27. The minimum Gasteiger partial charge on any atom is -0.248 e. The van der Waals surface area contributed by atoms with Crippen LogP contribution < -0.4 is 0 Å². The number of nitrogens with zero attached hydrogens (tertiary/aromatic N) is 2. The highest BCUT2D eigenvalue weighted by Crippen LogP contribution is 2.33. The molecule has 3 rings (SSSR count). The third-order valence-corrected chi connectivity index (χ3v) is 4.51. The summed E-state index contributed by atoms with van der Waals surface area (Å²) in [6, 6.07) is 10.7. The van der Waals surface area contributed by atoms with Crippen molar-refractivity contribution >= 4 is 11.8 Å². The van der Waals surface area contributed by atoms with Gasteiger partial charge in [-0.3, -0.25) is 0 Å². The Morgan fingerprint density at radius 3 is 2.89 bits per heavy atom. The molecule has 0 radical (unpaired) electrons. The Labute approximate surface area is 117 Å². The summed E-state index contributed by atoms with van der Waals surface area (Å²) in [5.41, 5.74) is 4.60. The van der Waals surface area contributed by atoms with E-state index < -0.39 is 0 Å². The number of fused-ring (bicyclic) bond motifs is 1. The first kappa shape index (κ1) is 12.3. The second-order valence-corrected chi connectivity index (χ2v) is 5.87. The summed E-state index contributed by atoms with van der Waals surface area (Å²) in [6.07, 6.45) is 5.41. The highest BCUT2D eigenvalue weighted by molar-refractivity contribution is 7.99. The van der Waals surface area contributed by atoms with Crippen LogP contribution in [0.25, 0.3) is 0 Å². The van der Waals surface area contributed by atoms with E-state index in [9.17, 15) is 5.26 Å². The average Bonchev–Trinajstić information content (AvgIpc) is 2.86. The van der Waals surface area contributed by atoms with Gasteiger partial charge in [-0.25, -0.2) is 4.98 Å². The lowest BCUT2D eigenvalue weighted by Crippen LogP contribution is -1.90. The van der Waals surface area contributed by atoms with Crippen LogP contribution in [0.3, 0.4) is 0 Å². The van der Waals surface area contributed by atoms with Crippen molar-refractivity contribution < 1.29 is 0 Å². The molecular formula is C16H14N2S. The van der Waals surface area contributed by atoms with Gasteiger partial charge in [0, 0.05) is 11.1 Å². The highest BCUT2D eigenvalue weighted by atomic mass is 32.2. The normalized spacial score (nSPS) is 13.1. The van der Waals surface area contributed by atoms with Crippen molar-refractivity contribution in [2.24, 2.45) is 0 Å². The molecule has 19 heavy (non-hydrogen) atoms. The number of benzene rings is 1. The van der Waals surface area contributed by atoms with E-state index in [1.54, 1.807) is 18.0 Å². The van der Waals surface area contributed by atoms with Crippen LogP contribution in [0.2, 0.25) is 0 Å². The van der Waals surface area contributed by atoms with Crippen molar-refractivity contribution in [3.05, 3.63) is 52.7 Å². The summed E-state index contributed by atoms with van der Waals surface area (Å²) in [6.45, 7) is 1.95. The van der Waals surface area contributed by atoms with Crippen molar-refractivity contribution in [1.29, 1.82) is 5.26 Å². The fourth-order valence-corrected chi connectivity index (χ4v) is 3.45. The fraction of sp³-hybridized carbons (Fsp3) is 0.250. The predicted molar refractivity (Wildman–Crippen MR) is 76.3 cm³/mol. The molecule has 0 saturated heterocycles. The minimum atomic E-state index is 0.688. The van der Waals surface area contributed by atoms with Gasteiger partial charge >= 0.3 is 0 Å². The van der Waals surface area contributed by atoms with E-state index in [1.165, 1.54) is 35.3 Å². The molecule has 94 valence electrons. The second kappa shape index (κ2) is 5.07. The molecule has 0 aliphatic heterocycles. The summed E-state index contributed by atoms with van der Waals surface area (Å²) in [5, 5.41) is 10.0. The molecule has 0 spiro atoms. The highest BCUT2D eigenvalue weighted by Gasteiger charge is 2.13. The first-order chi connectivity index (χ1) is 9.28. The summed E-state index contributed by atoms with van der Waals surface area (Å²) >= 11 is 1.59. The van der Waals surface area contributed by atoms with Crippen LogP contribution in [0.4, 0.5) is 0 Å². The Morgan fingerprint density at radius 1 is 1.21 bits per heavy atom. The Bertz CT molecular complexity index is 671. The molecular weight excluding hydrogens is 252 g/mol. The zero-order valence-electron chi connectivity index (χ0n) is 10.8. The minimum absolute atomic E-state index is 0.688. The maximum Gasteiger partial charge on any atom is 0.119 e. The van der Waals surface area contributed by atoms with Gasteiger partial charge in [0.2, 0.25) is 0 Å². The lowest BCUT2D eigenvalue weighted by molar-refractivity contribution is 0.911. The number of rotatable bonds is 2. The first-order valence-corrected chi connectivity index (χ1v) is 7.25. The second-order valence-electron chi connectivity index (χ2n) is 4.81. The van der Waals surface area contributed by atoms with Crippen molar-refractivity contribution in [2.75, 3.05) is 0 Å². The third-order valence-electron chi connectivity index (χ3n) is 3.52. The van der Waals surface area contributed by atoms with E-state index in [4.69, 9.17) is 0 Å². The molecule has 1 aliphatic rings. The Hall–Kier alpha value is -1.79. The van der Waals surface area contributed by atoms with Gasteiger partial charge < -0.3 is 0 Å². The molecule has 1 aliphatic carbocycles. The van der Waals surface area contributed by atoms with E-state index in [0.717, 1.165) is 10.6 Å². The van der Waals surface area contributed by atoms with E-state index in [-0.39, 0.29) is 0 Å². The van der Waals surface area contributed by atoms with E-state index in [2.05, 4.69) is 29.3 Å². The maximum absolute atomic E-state index is 9.23. The molecule has 1 aromatic heterocycles. The Morgan fingerprint density at radius 2 is 2.05 bits per heavy atom. The SMILES string of the molecule is Cc1ccnc(Sc2ccc3c(c2)CCC3)c1C#N. The smallest absolute Gasteiger partial charge is 0.119 e. The van der Waals surface area contributed by atoms with E-state index in [0.29, 0.717) is 5.56 Å². The van der Waals surface area contributed by atoms with Gasteiger partial charge in [-0.1, -0.05) is 17.8 Å². The molecule has 0 bridgehead atoms. The Balaban J connectivity index is 1.94. The number of aromatic nitrogens is 1. The zero-order valence-corrected chi connectivity index (χ0v) is 11.6. The molecule has 1 heterocycles. The van der Waals surface area contributed by atoms with Crippen LogP contribution in [-0.4, -0.2) is 4.98 Å². The largest absolute Gasteiger partial charge is 0.248 e. The number of pyridine rings is 1. The van der Waals surface area contributed by atoms with Crippen LogP contribution in [0.1, 0.15) is 28.7 Å². The first-order valence-electron chi connectivity index (χ1n) is 6.43. The van der Waals surface area contributed by atoms with Crippen molar-refractivity contribution in [2.45, 2.75) is 36.1 Å². The standard InChI is InChI=1S/C16H14N2S/c1-11-7-8-18-16(15(11)10-17)19-14-6-5-12-3-2-4-13(12)9-14/h5-9H,2-4H2,1H3. The van der Waals surface area contributed by atoms with Gasteiger partial charge in [-0.05, 0) is 61.1 Å². The van der Waals surface area contributed by atoms with Crippen LogP contribution in [0.5, 0.6) is 0 Å². The monoisotopic (exact) mass is 266 g/mol. The van der Waals surface area contributed by atoms with Crippen LogP contribution in [-0.2, 0) is 12.8 Å². The lowest BCUT2D eigenvalue weighted by Gasteiger charge is -2.07. The topological polar surface area (TPSA) is 36.7 Å². The number of nitriles is 1. The molecule has 3 heteroatoms. The maximum atomic E-state index is 9.23. The molecule has 2 aromatic rings. The van der Waals surface area contributed by atoms with E-state index in [1.807, 2.05) is 13.0 Å². The van der Waals surface area contributed by atoms with Gasteiger partial charge in [0.1, 0.15) is 11.1 Å². The quantitative estimate of drug-likeness (QED) is 0.827. The fourth-order valence-electron chi connectivity index (χ4n) is 2.47. The molecule has 1 aromatic carbocycles. The summed E-state index contributed by atoms with van der Waals surface area (Å²) < 4.78 is 0. The van der Waals surface area contributed by atoms with Crippen molar-refractivity contribution in [3.8, 4) is 6.07 Å². The molecule has 2 nitrogen and oxygen atoms in total. The van der Waals surface area contributed by atoms with Gasteiger partial charge in [-0.2, -0.15) is 5.26 Å². The average molecular weight is 266 g/mol. The van der Waals surface area contributed by atoms with Crippen molar-refractivity contribution in [1.82, 2.24) is 4.98 Å². The van der Waals surface area contributed by atoms with Gasteiger partial charge in [-0.15, -0.1) is 0 Å². The molecule has 0 N–H and O–H groups in total. The molecule has 0 unspecified atom stereocenters. The van der Waals surface area contributed by atoms with Gasteiger partial charge in [0.25, 0.3) is 0 Å². The zero-order chi connectivity index (χ0) is 13.2. The summed E-state index contributed by atoms with van der Waals surface area (Å²) in [5.74, 6) is 0. The number of hydrogen-bond acceptors (Lipinski definition) is 3.